The number of halogens is 2. The molecule has 0 aromatic carbocycles. The van der Waals surface area contributed by atoms with E-state index in [0.717, 1.165) is 16.9 Å². The zero-order valence-electron chi connectivity index (χ0n) is 29.0. The lowest BCUT2D eigenvalue weighted by Gasteiger charge is -1.92. The molecule has 284 valence electrons. The van der Waals surface area contributed by atoms with E-state index in [4.69, 9.17) is 40.4 Å². The maximum absolute atomic E-state index is 5.74. The van der Waals surface area contributed by atoms with Crippen LogP contribution in [0.5, 0.6) is 0 Å². The lowest BCUT2D eigenvalue weighted by molar-refractivity contribution is 0.824. The van der Waals surface area contributed by atoms with Crippen molar-refractivity contribution in [3.8, 4) is 0 Å². The number of aryl methyl sites for hydroxylation is 3. The van der Waals surface area contributed by atoms with Crippen LogP contribution in [-0.2, 0) is 21.1 Å². The van der Waals surface area contributed by atoms with Crippen LogP contribution in [0.15, 0.2) is 63.3 Å². The summed E-state index contributed by atoms with van der Waals surface area (Å²) in [6.07, 6.45) is 15.1. The highest BCUT2D eigenvalue weighted by Gasteiger charge is 2.06. The summed E-state index contributed by atoms with van der Waals surface area (Å²) >= 11 is 11.4. The fourth-order valence-electron chi connectivity index (χ4n) is 4.36. The van der Waals surface area contributed by atoms with Gasteiger partial charge in [0.15, 0.2) is 56.0 Å². The van der Waals surface area contributed by atoms with Crippen LogP contribution in [0.2, 0.25) is 10.3 Å². The Morgan fingerprint density at radius 3 is 1.31 bits per heavy atom. The van der Waals surface area contributed by atoms with Crippen LogP contribution >= 0.6 is 23.2 Å². The minimum Gasteiger partial charge on any atom is -0.412 e. The number of nitrogen functional groups attached to an aromatic ring is 3. The van der Waals surface area contributed by atoms with E-state index >= 15 is 0 Å². The number of fused-ring (bicyclic) bond motifs is 5. The fraction of sp³-hybridized carbons (Fsp3) is 0.107. The first-order valence-corrected chi connectivity index (χ1v) is 15.6. The molecule has 0 bridgehead atoms. The van der Waals surface area contributed by atoms with Gasteiger partial charge in [0.2, 0.25) is 0 Å². The summed E-state index contributed by atoms with van der Waals surface area (Å²) in [5, 5.41) is 0.804. The van der Waals surface area contributed by atoms with Gasteiger partial charge in [-0.3, -0.25) is 0 Å². The summed E-state index contributed by atoms with van der Waals surface area (Å²) in [4.78, 5) is 64.2. The first kappa shape index (κ1) is 40.4. The van der Waals surface area contributed by atoms with Gasteiger partial charge in [-0.15, -0.1) is 0 Å². The van der Waals surface area contributed by atoms with Crippen molar-refractivity contribution in [2.45, 2.75) is 0 Å². The molecule has 10 aromatic rings. The highest BCUT2D eigenvalue weighted by Crippen LogP contribution is 2.16. The molecule has 0 amide bonds. The van der Waals surface area contributed by atoms with Crippen molar-refractivity contribution in [3.05, 3.63) is 73.6 Å². The zero-order chi connectivity index (χ0) is 37.5. The molecule has 0 aliphatic rings. The largest absolute Gasteiger partial charge is 0.412 e. The first-order valence-electron chi connectivity index (χ1n) is 14.8. The molecule has 13 N–H and O–H groups in total. The van der Waals surface area contributed by atoms with E-state index in [2.05, 4.69) is 84.7 Å². The molecule has 0 unspecified atom stereocenters. The van der Waals surface area contributed by atoms with Crippen LogP contribution < -0.4 is 23.4 Å². The van der Waals surface area contributed by atoms with Crippen molar-refractivity contribution in [2.24, 2.45) is 21.1 Å². The molecule has 0 aliphatic heterocycles. The Labute approximate surface area is 317 Å². The highest BCUT2D eigenvalue weighted by atomic mass is 35.5. The molecule has 0 atom stereocenters. The van der Waals surface area contributed by atoms with Gasteiger partial charge in [-0.25, -0.2) is 74.8 Å². The lowest BCUT2D eigenvalue weighted by Crippen LogP contribution is -1.94. The van der Waals surface area contributed by atoms with Crippen LogP contribution in [-0.4, -0.2) is 104 Å². The number of rotatable bonds is 0. The molecule has 0 aliphatic carbocycles. The van der Waals surface area contributed by atoms with Crippen molar-refractivity contribution >= 4 is 96.5 Å². The van der Waals surface area contributed by atoms with Gasteiger partial charge in [-0.2, -0.15) is 0 Å². The smallest absolute Gasteiger partial charge is 0.182 e. The molecule has 10 aromatic heterocycles. The normalized spacial score (nSPS) is 10.2. The molecule has 10 heterocycles. The molecule has 55 heavy (non-hydrogen) atoms. The van der Waals surface area contributed by atoms with E-state index < -0.39 is 0 Å². The summed E-state index contributed by atoms with van der Waals surface area (Å²) in [7, 11) is 5.59. The van der Waals surface area contributed by atoms with Gasteiger partial charge in [-0.05, 0) is 0 Å². The van der Waals surface area contributed by atoms with Crippen molar-refractivity contribution in [3.63, 3.8) is 0 Å². The standard InChI is InChI=1S/C6H5ClN4.2C6H7N5.C5H3ClN4.C5H5N5.H3N.H2O/c3*1-11-3-10-4-5(7)8-2-9-6(4)11;2*6-4-3-5(9-1-7-3)10-2-8-4;;/h2-3H,1H3;2*2-3H,1H3,(H2,7,8,9);1-2H,(H,7,8,9,10);1-2H,(H3,6,7,8,9,10);1H3;1H2. The van der Waals surface area contributed by atoms with Gasteiger partial charge < -0.3 is 52.5 Å². The van der Waals surface area contributed by atoms with Gasteiger partial charge >= 0.3 is 0 Å². The summed E-state index contributed by atoms with van der Waals surface area (Å²) in [5.74, 6) is 1.29. The second kappa shape index (κ2) is 17.9. The Balaban J connectivity index is 0.000000152. The van der Waals surface area contributed by atoms with Crippen LogP contribution in [0.1, 0.15) is 0 Å². The van der Waals surface area contributed by atoms with E-state index in [1.165, 1.54) is 44.3 Å². The topological polar surface area (TPSA) is 384 Å². The lowest BCUT2D eigenvalue weighted by atomic mass is 10.5. The van der Waals surface area contributed by atoms with E-state index in [1.807, 2.05) is 21.1 Å². The summed E-state index contributed by atoms with van der Waals surface area (Å²) < 4.78 is 5.39. The number of nitrogens with zero attached hydrogens (tertiary/aromatic N) is 18. The van der Waals surface area contributed by atoms with E-state index in [9.17, 15) is 0 Å². The minimum atomic E-state index is 0. The molecule has 0 saturated heterocycles. The average Bonchev–Trinajstić information content (AvgIpc) is 4.00. The number of anilines is 3. The highest BCUT2D eigenvalue weighted by molar-refractivity contribution is 6.33. The van der Waals surface area contributed by atoms with Crippen LogP contribution in [0, 0.1) is 0 Å². The van der Waals surface area contributed by atoms with Crippen LogP contribution in [0.3, 0.4) is 0 Å². The maximum Gasteiger partial charge on any atom is 0.182 e. The molecule has 10 rings (SSSR count). The quantitative estimate of drug-likeness (QED) is 0.117. The second-order valence-corrected chi connectivity index (χ2v) is 11.1. The predicted molar refractivity (Wildman–Crippen MR) is 204 cm³/mol. The first-order chi connectivity index (χ1) is 25.6. The molecule has 27 heteroatoms. The van der Waals surface area contributed by atoms with Crippen LogP contribution in [0.4, 0.5) is 17.5 Å². The zero-order valence-corrected chi connectivity index (χ0v) is 30.5. The molecular weight excluding hydrogens is 759 g/mol. The molecule has 0 saturated carbocycles. The monoisotopic (exact) mass is 790 g/mol. The number of hydrogen-bond donors (Lipinski definition) is 6. The van der Waals surface area contributed by atoms with Gasteiger partial charge in [0.05, 0.1) is 31.6 Å². The van der Waals surface area contributed by atoms with Crippen molar-refractivity contribution in [2.75, 3.05) is 17.2 Å². The van der Waals surface area contributed by atoms with Crippen molar-refractivity contribution < 1.29 is 5.48 Å². The Morgan fingerprint density at radius 1 is 0.455 bits per heavy atom. The summed E-state index contributed by atoms with van der Waals surface area (Å²) in [6, 6.07) is 0. The van der Waals surface area contributed by atoms with E-state index in [-0.39, 0.29) is 11.6 Å². The predicted octanol–water partition coefficient (Wildman–Crippen LogP) is 1.19. The number of imidazole rings is 5. The van der Waals surface area contributed by atoms with Gasteiger partial charge in [-0.1, -0.05) is 23.2 Å². The number of aromatic nitrogens is 20. The van der Waals surface area contributed by atoms with Gasteiger partial charge in [0, 0.05) is 21.1 Å². The second-order valence-electron chi connectivity index (χ2n) is 10.4. The Hall–Kier alpha value is -7.35. The Morgan fingerprint density at radius 2 is 0.836 bits per heavy atom. The third kappa shape index (κ3) is 9.00. The Bertz CT molecular complexity index is 2510. The number of H-pyrrole nitrogens is 2. The van der Waals surface area contributed by atoms with Gasteiger partial charge in [0.25, 0.3) is 0 Å². The number of hydrogen-bond acceptors (Lipinski definition) is 19. The maximum atomic E-state index is 5.74. The number of nitrogens with one attached hydrogen (secondary N) is 2. The van der Waals surface area contributed by atoms with Crippen molar-refractivity contribution in [1.29, 1.82) is 0 Å². The van der Waals surface area contributed by atoms with E-state index in [1.54, 1.807) is 32.7 Å². The molecule has 0 fully saturated rings. The van der Waals surface area contributed by atoms with Crippen molar-refractivity contribution in [1.82, 2.24) is 105 Å². The summed E-state index contributed by atoms with van der Waals surface area (Å²) in [5.41, 5.74) is 23.4. The van der Waals surface area contributed by atoms with E-state index in [0.29, 0.717) is 66.6 Å². The average molecular weight is 792 g/mol. The molecule has 25 nitrogen and oxygen atoms in total. The molecular formula is C28H32Cl2N24O. The number of nitrogens with two attached hydrogens (primary N) is 3. The third-order valence-corrected chi connectivity index (χ3v) is 7.50. The fourth-order valence-corrected chi connectivity index (χ4v) is 4.72. The molecule has 0 radical (unpaired) electrons. The third-order valence-electron chi connectivity index (χ3n) is 6.93. The molecule has 0 spiro atoms. The SMILES string of the molecule is Clc1ncnc2nc[nH]c12.Cn1cnc2c(Cl)ncnc21.Cn1cnc2c(N)ncnc21.Cn1cnc2c(N)ncnc21.N.Nc1ncnc2nc[nH]c12.O. The minimum absolute atomic E-state index is 0. The summed E-state index contributed by atoms with van der Waals surface area (Å²) in [6.45, 7) is 0. The Kier molecular flexibility index (Phi) is 13.2. The number of aromatic amines is 2. The van der Waals surface area contributed by atoms with Gasteiger partial charge in [0.1, 0.15) is 59.2 Å². The van der Waals surface area contributed by atoms with Crippen LogP contribution in [0.25, 0.3) is 55.8 Å².